The van der Waals surface area contributed by atoms with Gasteiger partial charge in [-0.25, -0.2) is 8.42 Å². The summed E-state index contributed by atoms with van der Waals surface area (Å²) < 4.78 is 26.4. The number of carboxylic acids is 1. The van der Waals surface area contributed by atoms with E-state index >= 15 is 0 Å². The highest BCUT2D eigenvalue weighted by Crippen LogP contribution is 2.19. The number of rotatable bonds is 11. The van der Waals surface area contributed by atoms with Crippen LogP contribution in [0, 0.1) is 0 Å². The molecule has 0 aliphatic carbocycles. The van der Waals surface area contributed by atoms with Crippen molar-refractivity contribution in [1.82, 2.24) is 9.21 Å². The van der Waals surface area contributed by atoms with Crippen molar-refractivity contribution >= 4 is 27.6 Å². The van der Waals surface area contributed by atoms with Crippen LogP contribution in [0.3, 0.4) is 0 Å². The lowest BCUT2D eigenvalue weighted by Gasteiger charge is -2.20. The predicted octanol–water partition coefficient (Wildman–Crippen LogP) is 1.45. The standard InChI is InChI=1S/C17H27N3O5S/c1-4-10-19(13-17(22)23)12-16(21)18-14-8-7-9-15(11-14)26(24,25)20(5-2)6-3/h7-9,11H,4-6,10,12-13H2,1-3H3,(H,18,21)(H,22,23). The van der Waals surface area contributed by atoms with E-state index in [9.17, 15) is 18.0 Å². The Morgan fingerprint density at radius 1 is 1.12 bits per heavy atom. The first-order valence-electron chi connectivity index (χ1n) is 8.58. The molecule has 0 spiro atoms. The highest BCUT2D eigenvalue weighted by molar-refractivity contribution is 7.89. The molecule has 0 unspecified atom stereocenters. The van der Waals surface area contributed by atoms with Crippen molar-refractivity contribution in [3.8, 4) is 0 Å². The summed E-state index contributed by atoms with van der Waals surface area (Å²) in [6, 6.07) is 6.05. The third-order valence-electron chi connectivity index (χ3n) is 3.73. The fourth-order valence-corrected chi connectivity index (χ4v) is 4.08. The van der Waals surface area contributed by atoms with Crippen LogP contribution in [0.4, 0.5) is 5.69 Å². The first-order chi connectivity index (χ1) is 12.2. The molecule has 2 N–H and O–H groups in total. The third kappa shape index (κ3) is 6.40. The molecule has 0 aliphatic heterocycles. The Labute approximate surface area is 154 Å². The van der Waals surface area contributed by atoms with Crippen LogP contribution in [0.2, 0.25) is 0 Å². The summed E-state index contributed by atoms with van der Waals surface area (Å²) >= 11 is 0. The molecule has 8 nitrogen and oxygen atoms in total. The molecule has 0 saturated heterocycles. The van der Waals surface area contributed by atoms with Gasteiger partial charge in [0.05, 0.1) is 18.0 Å². The minimum Gasteiger partial charge on any atom is -0.480 e. The summed E-state index contributed by atoms with van der Waals surface area (Å²) in [5, 5.41) is 11.5. The zero-order valence-electron chi connectivity index (χ0n) is 15.4. The maximum atomic E-state index is 12.6. The fraction of sp³-hybridized carbons (Fsp3) is 0.529. The number of nitrogens with one attached hydrogen (secondary N) is 1. The Morgan fingerprint density at radius 3 is 2.31 bits per heavy atom. The van der Waals surface area contributed by atoms with Gasteiger partial charge in [-0.1, -0.05) is 26.8 Å². The molecule has 0 heterocycles. The van der Waals surface area contributed by atoms with E-state index in [2.05, 4.69) is 5.32 Å². The predicted molar refractivity (Wildman–Crippen MR) is 99.5 cm³/mol. The number of carbonyl (C=O) groups is 2. The number of sulfonamides is 1. The Morgan fingerprint density at radius 2 is 1.77 bits per heavy atom. The average Bonchev–Trinajstić information content (AvgIpc) is 2.55. The SMILES string of the molecule is CCCN(CC(=O)O)CC(=O)Nc1cccc(S(=O)(=O)N(CC)CC)c1. The first kappa shape index (κ1) is 22.1. The van der Waals surface area contributed by atoms with Crippen molar-refractivity contribution in [1.29, 1.82) is 0 Å². The molecule has 0 fully saturated rings. The topological polar surface area (TPSA) is 107 Å². The van der Waals surface area contributed by atoms with E-state index in [-0.39, 0.29) is 18.0 Å². The van der Waals surface area contributed by atoms with Crippen LogP contribution in [-0.2, 0) is 19.6 Å². The maximum absolute atomic E-state index is 12.6. The van der Waals surface area contributed by atoms with Crippen molar-refractivity contribution in [3.63, 3.8) is 0 Å². The smallest absolute Gasteiger partial charge is 0.317 e. The second-order valence-electron chi connectivity index (χ2n) is 5.77. The van der Waals surface area contributed by atoms with Crippen molar-refractivity contribution in [3.05, 3.63) is 24.3 Å². The summed E-state index contributed by atoms with van der Waals surface area (Å²) in [6.07, 6.45) is 0.720. The van der Waals surface area contributed by atoms with Gasteiger partial charge in [0.2, 0.25) is 15.9 Å². The molecule has 0 aliphatic rings. The van der Waals surface area contributed by atoms with Crippen LogP contribution in [0.25, 0.3) is 0 Å². The Bertz CT molecular complexity index is 717. The number of hydrogen-bond acceptors (Lipinski definition) is 5. The number of carboxylic acid groups (broad SMARTS) is 1. The van der Waals surface area contributed by atoms with Crippen LogP contribution in [0.15, 0.2) is 29.2 Å². The minimum absolute atomic E-state index is 0.0762. The van der Waals surface area contributed by atoms with E-state index in [0.29, 0.717) is 25.3 Å². The lowest BCUT2D eigenvalue weighted by molar-refractivity contribution is -0.138. The molecule has 0 atom stereocenters. The fourth-order valence-electron chi connectivity index (χ4n) is 2.57. The number of benzene rings is 1. The Balaban J connectivity index is 2.88. The van der Waals surface area contributed by atoms with E-state index in [0.717, 1.165) is 6.42 Å². The number of amides is 1. The average molecular weight is 385 g/mol. The van der Waals surface area contributed by atoms with Gasteiger partial charge in [-0.05, 0) is 31.2 Å². The van der Waals surface area contributed by atoms with E-state index in [1.54, 1.807) is 26.0 Å². The summed E-state index contributed by atoms with van der Waals surface area (Å²) in [5.41, 5.74) is 0.356. The van der Waals surface area contributed by atoms with E-state index < -0.39 is 21.9 Å². The highest BCUT2D eigenvalue weighted by atomic mass is 32.2. The van der Waals surface area contributed by atoms with Gasteiger partial charge < -0.3 is 10.4 Å². The Hall–Kier alpha value is -1.97. The monoisotopic (exact) mass is 385 g/mol. The Kier molecular flexibility index (Phi) is 8.70. The summed E-state index contributed by atoms with van der Waals surface area (Å²) in [4.78, 5) is 24.7. The van der Waals surface area contributed by atoms with Crippen LogP contribution < -0.4 is 5.32 Å². The van der Waals surface area contributed by atoms with Crippen molar-refractivity contribution in [2.24, 2.45) is 0 Å². The second kappa shape index (κ2) is 10.2. The van der Waals surface area contributed by atoms with E-state index in [4.69, 9.17) is 5.11 Å². The number of anilines is 1. The van der Waals surface area contributed by atoms with Gasteiger partial charge in [-0.2, -0.15) is 4.31 Å². The van der Waals surface area contributed by atoms with Crippen molar-refractivity contribution < 1.29 is 23.1 Å². The molecule has 9 heteroatoms. The van der Waals surface area contributed by atoms with Crippen LogP contribution in [0.5, 0.6) is 0 Å². The van der Waals surface area contributed by atoms with Crippen LogP contribution >= 0.6 is 0 Å². The van der Waals surface area contributed by atoms with Gasteiger partial charge in [0.15, 0.2) is 0 Å². The zero-order valence-corrected chi connectivity index (χ0v) is 16.3. The third-order valence-corrected chi connectivity index (χ3v) is 5.77. The number of carbonyl (C=O) groups excluding carboxylic acids is 1. The molecule has 26 heavy (non-hydrogen) atoms. The van der Waals surface area contributed by atoms with Gasteiger partial charge in [0.1, 0.15) is 0 Å². The molecule has 146 valence electrons. The quantitative estimate of drug-likeness (QED) is 0.597. The molecule has 0 radical (unpaired) electrons. The normalized spacial score (nSPS) is 11.7. The lowest BCUT2D eigenvalue weighted by Crippen LogP contribution is -2.37. The molecule has 1 rings (SSSR count). The number of hydrogen-bond donors (Lipinski definition) is 2. The number of nitrogens with zero attached hydrogens (tertiary/aromatic N) is 2. The molecule has 0 aromatic heterocycles. The van der Waals surface area contributed by atoms with Gasteiger partial charge in [0.25, 0.3) is 0 Å². The lowest BCUT2D eigenvalue weighted by atomic mass is 10.3. The van der Waals surface area contributed by atoms with Crippen molar-refractivity contribution in [2.75, 3.05) is 38.0 Å². The zero-order chi connectivity index (χ0) is 19.7. The molecular weight excluding hydrogens is 358 g/mol. The minimum atomic E-state index is -3.61. The van der Waals surface area contributed by atoms with Gasteiger partial charge >= 0.3 is 5.97 Å². The van der Waals surface area contributed by atoms with Gasteiger partial charge in [-0.3, -0.25) is 14.5 Å². The molecule has 1 aromatic rings. The largest absolute Gasteiger partial charge is 0.480 e. The van der Waals surface area contributed by atoms with Crippen LogP contribution in [0.1, 0.15) is 27.2 Å². The van der Waals surface area contributed by atoms with E-state index in [1.807, 2.05) is 6.92 Å². The summed E-state index contributed by atoms with van der Waals surface area (Å²) in [5.74, 6) is -1.39. The second-order valence-corrected chi connectivity index (χ2v) is 7.71. The molecular formula is C17H27N3O5S. The number of aliphatic carboxylic acids is 1. The van der Waals surface area contributed by atoms with Crippen LogP contribution in [-0.4, -0.2) is 67.3 Å². The van der Waals surface area contributed by atoms with Crippen molar-refractivity contribution in [2.45, 2.75) is 32.1 Å². The van der Waals surface area contributed by atoms with E-state index in [1.165, 1.54) is 21.3 Å². The molecule has 1 aromatic carbocycles. The molecule has 0 saturated carbocycles. The molecule has 0 bridgehead atoms. The first-order valence-corrected chi connectivity index (χ1v) is 10.0. The summed E-state index contributed by atoms with van der Waals surface area (Å²) in [6.45, 7) is 6.32. The van der Waals surface area contributed by atoms with Gasteiger partial charge in [0, 0.05) is 18.8 Å². The highest BCUT2D eigenvalue weighted by Gasteiger charge is 2.22. The summed E-state index contributed by atoms with van der Waals surface area (Å²) in [7, 11) is -3.61. The van der Waals surface area contributed by atoms with Gasteiger partial charge in [-0.15, -0.1) is 0 Å². The maximum Gasteiger partial charge on any atom is 0.317 e. The molecule has 1 amide bonds.